The van der Waals surface area contributed by atoms with E-state index in [4.69, 9.17) is 23.2 Å². The van der Waals surface area contributed by atoms with Crippen molar-refractivity contribution in [1.29, 1.82) is 0 Å². The minimum atomic E-state index is -0.963. The number of nitrogens with one attached hydrogen (secondary N) is 1. The minimum Gasteiger partial charge on any atom is -0.503 e. The molecule has 2 N–H and O–H groups in total. The number of nitrogens with zero attached hydrogens (tertiary/aromatic N) is 1. The highest BCUT2D eigenvalue weighted by molar-refractivity contribution is 6.42. The van der Waals surface area contributed by atoms with Crippen LogP contribution in [0.3, 0.4) is 0 Å². The van der Waals surface area contributed by atoms with Gasteiger partial charge < -0.3 is 10.4 Å². The zero-order chi connectivity index (χ0) is 21.1. The van der Waals surface area contributed by atoms with E-state index in [0.717, 1.165) is 22.6 Å². The molecule has 0 bridgehead atoms. The topological polar surface area (TPSA) is 69.6 Å². The maximum absolute atomic E-state index is 13.9. The molecule has 2 aromatic rings. The zero-order valence-electron chi connectivity index (χ0n) is 15.0. The Bertz CT molecular complexity index is 1010. The molecule has 3 rings (SSSR count). The third-order valence-corrected chi connectivity index (χ3v) is 5.18. The van der Waals surface area contributed by atoms with Gasteiger partial charge in [-0.15, -0.1) is 0 Å². The van der Waals surface area contributed by atoms with Gasteiger partial charge in [0.05, 0.1) is 27.9 Å². The lowest BCUT2D eigenvalue weighted by Crippen LogP contribution is -2.31. The largest absolute Gasteiger partial charge is 0.503 e. The first-order valence-electron chi connectivity index (χ1n) is 8.69. The summed E-state index contributed by atoms with van der Waals surface area (Å²) in [5.41, 5.74) is 0.559. The SMILES string of the molecule is O=C(NCCCc1ccc(Cl)c(Cl)c1)C1=C(O)C(=O)N(c2ccc(F)cc2F)C1. The molecule has 0 saturated heterocycles. The molecular weight excluding hydrogens is 425 g/mol. The summed E-state index contributed by atoms with van der Waals surface area (Å²) >= 11 is 11.8. The highest BCUT2D eigenvalue weighted by Crippen LogP contribution is 2.27. The average molecular weight is 441 g/mol. The summed E-state index contributed by atoms with van der Waals surface area (Å²) < 4.78 is 27.0. The molecule has 9 heteroatoms. The van der Waals surface area contributed by atoms with Crippen molar-refractivity contribution in [3.8, 4) is 0 Å². The van der Waals surface area contributed by atoms with Crippen LogP contribution in [0.25, 0.3) is 0 Å². The highest BCUT2D eigenvalue weighted by Gasteiger charge is 2.36. The second-order valence-corrected chi connectivity index (χ2v) is 7.24. The molecule has 0 saturated carbocycles. The number of rotatable bonds is 6. The van der Waals surface area contributed by atoms with Crippen LogP contribution in [0.4, 0.5) is 14.5 Å². The van der Waals surface area contributed by atoms with E-state index in [1.54, 1.807) is 12.1 Å². The Morgan fingerprint density at radius 2 is 1.90 bits per heavy atom. The van der Waals surface area contributed by atoms with E-state index in [0.29, 0.717) is 29.0 Å². The molecule has 5 nitrogen and oxygen atoms in total. The summed E-state index contributed by atoms with van der Waals surface area (Å²) in [6.45, 7) is -0.0270. The number of carbonyl (C=O) groups is 2. The van der Waals surface area contributed by atoms with E-state index < -0.39 is 29.2 Å². The average Bonchev–Trinajstić information content (AvgIpc) is 2.97. The van der Waals surface area contributed by atoms with E-state index in [1.165, 1.54) is 0 Å². The molecule has 2 aromatic carbocycles. The van der Waals surface area contributed by atoms with Gasteiger partial charge in [0.15, 0.2) is 5.76 Å². The number of hydrogen-bond donors (Lipinski definition) is 2. The van der Waals surface area contributed by atoms with Crippen LogP contribution in [0.2, 0.25) is 10.0 Å². The van der Waals surface area contributed by atoms with Crippen molar-refractivity contribution in [2.45, 2.75) is 12.8 Å². The number of aryl methyl sites for hydroxylation is 1. The molecule has 0 spiro atoms. The van der Waals surface area contributed by atoms with Crippen molar-refractivity contribution in [2.24, 2.45) is 0 Å². The van der Waals surface area contributed by atoms with Gasteiger partial charge in [0, 0.05) is 12.6 Å². The molecule has 0 aromatic heterocycles. The van der Waals surface area contributed by atoms with E-state index >= 15 is 0 Å². The first kappa shape index (κ1) is 21.1. The van der Waals surface area contributed by atoms with Crippen molar-refractivity contribution in [1.82, 2.24) is 5.32 Å². The standard InChI is InChI=1S/C20H16Cl2F2N2O3/c21-14-5-3-11(8-15(14)22)2-1-7-25-19(28)13-10-26(20(29)18(13)27)17-6-4-12(23)9-16(17)24/h3-6,8-9,27H,1-2,7,10H2,(H,25,28). The molecule has 2 amide bonds. The van der Waals surface area contributed by atoms with Crippen LogP contribution in [0, 0.1) is 11.6 Å². The normalized spacial score (nSPS) is 13.9. The number of amides is 2. The van der Waals surface area contributed by atoms with Crippen molar-refractivity contribution < 1.29 is 23.5 Å². The lowest BCUT2D eigenvalue weighted by molar-refractivity contribution is -0.119. The molecule has 0 aliphatic carbocycles. The third kappa shape index (κ3) is 4.68. The van der Waals surface area contributed by atoms with Gasteiger partial charge in [0.2, 0.25) is 0 Å². The van der Waals surface area contributed by atoms with Gasteiger partial charge in [0.1, 0.15) is 11.6 Å². The molecule has 1 aliphatic rings. The fourth-order valence-electron chi connectivity index (χ4n) is 2.93. The summed E-state index contributed by atoms with van der Waals surface area (Å²) in [7, 11) is 0. The van der Waals surface area contributed by atoms with E-state index in [1.807, 2.05) is 6.07 Å². The number of halogens is 4. The minimum absolute atomic E-state index is 0.173. The van der Waals surface area contributed by atoms with Crippen molar-refractivity contribution in [2.75, 3.05) is 18.0 Å². The maximum Gasteiger partial charge on any atom is 0.294 e. The first-order chi connectivity index (χ1) is 13.8. The highest BCUT2D eigenvalue weighted by atomic mass is 35.5. The van der Waals surface area contributed by atoms with Crippen molar-refractivity contribution in [3.05, 3.63) is 75.0 Å². The smallest absolute Gasteiger partial charge is 0.294 e. The Labute approximate surface area is 175 Å². The Morgan fingerprint density at radius 1 is 1.14 bits per heavy atom. The number of benzene rings is 2. The van der Waals surface area contributed by atoms with Gasteiger partial charge in [-0.25, -0.2) is 8.78 Å². The molecular formula is C20H16Cl2F2N2O3. The Balaban J connectivity index is 1.57. The fraction of sp³-hybridized carbons (Fsp3) is 0.200. The zero-order valence-corrected chi connectivity index (χ0v) is 16.5. The molecule has 1 aliphatic heterocycles. The molecule has 0 fully saturated rings. The van der Waals surface area contributed by atoms with Crippen molar-refractivity contribution in [3.63, 3.8) is 0 Å². The number of anilines is 1. The van der Waals surface area contributed by atoms with Crippen LogP contribution in [-0.2, 0) is 16.0 Å². The molecule has 152 valence electrons. The van der Waals surface area contributed by atoms with Crippen LogP contribution in [0.15, 0.2) is 47.7 Å². The summed E-state index contributed by atoms with van der Waals surface area (Å²) in [6.07, 6.45) is 1.22. The van der Waals surface area contributed by atoms with Gasteiger partial charge in [-0.05, 0) is 42.7 Å². The van der Waals surface area contributed by atoms with E-state index in [9.17, 15) is 23.5 Å². The maximum atomic E-state index is 13.9. The number of hydrogen-bond acceptors (Lipinski definition) is 3. The second kappa shape index (κ2) is 8.80. The number of aliphatic hydroxyl groups is 1. The third-order valence-electron chi connectivity index (χ3n) is 4.44. The fourth-order valence-corrected chi connectivity index (χ4v) is 3.25. The summed E-state index contributed by atoms with van der Waals surface area (Å²) in [6, 6.07) is 7.95. The van der Waals surface area contributed by atoms with Gasteiger partial charge in [-0.3, -0.25) is 14.5 Å². The summed E-state index contributed by atoms with van der Waals surface area (Å²) in [5, 5.41) is 13.5. The number of carbonyl (C=O) groups excluding carboxylic acids is 2. The predicted octanol–water partition coefficient (Wildman–Crippen LogP) is 4.18. The van der Waals surface area contributed by atoms with Crippen LogP contribution in [-0.4, -0.2) is 30.0 Å². The van der Waals surface area contributed by atoms with E-state index in [-0.39, 0.29) is 24.4 Å². The molecule has 0 atom stereocenters. The first-order valence-corrected chi connectivity index (χ1v) is 9.44. The molecule has 0 unspecified atom stereocenters. The molecule has 1 heterocycles. The van der Waals surface area contributed by atoms with Crippen LogP contribution in [0.1, 0.15) is 12.0 Å². The quantitative estimate of drug-likeness (QED) is 0.661. The number of aliphatic hydroxyl groups excluding tert-OH is 1. The molecule has 29 heavy (non-hydrogen) atoms. The lowest BCUT2D eigenvalue weighted by Gasteiger charge is -2.17. The Morgan fingerprint density at radius 3 is 2.59 bits per heavy atom. The summed E-state index contributed by atoms with van der Waals surface area (Å²) in [5.74, 6) is -4.06. The summed E-state index contributed by atoms with van der Waals surface area (Å²) in [4.78, 5) is 25.4. The monoisotopic (exact) mass is 440 g/mol. The Hall–Kier alpha value is -2.64. The van der Waals surface area contributed by atoms with Gasteiger partial charge >= 0.3 is 0 Å². The van der Waals surface area contributed by atoms with E-state index in [2.05, 4.69) is 5.32 Å². The van der Waals surface area contributed by atoms with Crippen LogP contribution in [0.5, 0.6) is 0 Å². The second-order valence-electron chi connectivity index (χ2n) is 6.42. The lowest BCUT2D eigenvalue weighted by atomic mass is 10.1. The molecule has 0 radical (unpaired) electrons. The van der Waals surface area contributed by atoms with Gasteiger partial charge in [-0.1, -0.05) is 29.3 Å². The predicted molar refractivity (Wildman–Crippen MR) is 106 cm³/mol. The van der Waals surface area contributed by atoms with Gasteiger partial charge in [0.25, 0.3) is 11.8 Å². The Kier molecular flexibility index (Phi) is 6.39. The van der Waals surface area contributed by atoms with Crippen LogP contribution < -0.4 is 10.2 Å². The van der Waals surface area contributed by atoms with Crippen molar-refractivity contribution >= 4 is 40.7 Å². The van der Waals surface area contributed by atoms with Gasteiger partial charge in [-0.2, -0.15) is 0 Å². The van der Waals surface area contributed by atoms with Crippen LogP contribution >= 0.6 is 23.2 Å².